The Bertz CT molecular complexity index is 2340. The van der Waals surface area contributed by atoms with E-state index in [2.05, 4.69) is 20.6 Å². The normalized spacial score (nSPS) is 11.0. The first-order valence-corrected chi connectivity index (χ1v) is 18.2. The fourth-order valence-electron chi connectivity index (χ4n) is 5.22. The first-order valence-electron chi connectivity index (χ1n) is 18.2. The molecule has 2 unspecified atom stereocenters. The SMILES string of the molecule is Cl.Cl.NC(N)=Nc1ccc(C(=O)Oc2cc(OCCOc3cc(OC(=O)c4ccc(N=C(N)N)cc4)cc(C(=O)NC(CC(=O)O)C(=O)O)c3)cc(C(=O)NC(CC(=O)O)C(=O)O)c2)cc1. The molecule has 0 aromatic heterocycles. The molecule has 0 saturated heterocycles. The van der Waals surface area contributed by atoms with Crippen LogP contribution in [-0.4, -0.2) is 105 Å². The van der Waals surface area contributed by atoms with Gasteiger partial charge in [0, 0.05) is 23.3 Å². The molecule has 2 atom stereocenters. The minimum atomic E-state index is -1.84. The zero-order chi connectivity index (χ0) is 47.1. The molecule has 0 radical (unpaired) electrons. The maximum absolute atomic E-state index is 13.2. The van der Waals surface area contributed by atoms with E-state index < -0.39 is 72.6 Å². The van der Waals surface area contributed by atoms with Gasteiger partial charge in [-0.15, -0.1) is 24.8 Å². The highest BCUT2D eigenvalue weighted by atomic mass is 35.5. The first-order chi connectivity index (χ1) is 30.3. The number of nitrogens with zero attached hydrogens (tertiary/aromatic N) is 2. The molecule has 14 N–H and O–H groups in total. The summed E-state index contributed by atoms with van der Waals surface area (Å²) in [6.07, 6.45) is -1.93. The number of hydrogen-bond donors (Lipinski definition) is 10. The highest BCUT2D eigenvalue weighted by molar-refractivity contribution is 6.00. The number of carboxylic acid groups (broad SMARTS) is 4. The van der Waals surface area contributed by atoms with Crippen LogP contribution in [-0.2, 0) is 19.2 Å². The molecular weight excluding hydrogens is 919 g/mol. The molecule has 4 aromatic carbocycles. The number of aliphatic imine (C=N–C) groups is 2. The Morgan fingerprint density at radius 3 is 1.09 bits per heavy atom. The second-order valence-electron chi connectivity index (χ2n) is 13.0. The van der Waals surface area contributed by atoms with Crippen LogP contribution in [0.2, 0.25) is 0 Å². The van der Waals surface area contributed by atoms with Crippen molar-refractivity contribution in [3.8, 4) is 23.0 Å². The summed E-state index contributed by atoms with van der Waals surface area (Å²) in [6, 6.07) is 14.1. The van der Waals surface area contributed by atoms with E-state index in [4.69, 9.17) is 52.1 Å². The molecule has 0 fully saturated rings. The van der Waals surface area contributed by atoms with Gasteiger partial charge in [0.05, 0.1) is 35.3 Å². The molecule has 0 aliphatic rings. The van der Waals surface area contributed by atoms with E-state index >= 15 is 0 Å². The molecule has 4 aromatic rings. The molecule has 0 aliphatic heterocycles. The number of halogens is 2. The molecule has 2 amide bonds. The highest BCUT2D eigenvalue weighted by Crippen LogP contribution is 2.27. The summed E-state index contributed by atoms with van der Waals surface area (Å²) in [7, 11) is 0. The van der Waals surface area contributed by atoms with E-state index in [1.807, 2.05) is 0 Å². The van der Waals surface area contributed by atoms with E-state index in [0.29, 0.717) is 11.4 Å². The zero-order valence-electron chi connectivity index (χ0n) is 33.8. The highest BCUT2D eigenvalue weighted by Gasteiger charge is 2.26. The number of carbonyl (C=O) groups excluding carboxylic acids is 4. The lowest BCUT2D eigenvalue weighted by Gasteiger charge is -2.16. The number of aliphatic carboxylic acids is 4. The van der Waals surface area contributed by atoms with Crippen molar-refractivity contribution in [3.63, 3.8) is 0 Å². The number of hydrogen-bond acceptors (Lipinski definition) is 14. The van der Waals surface area contributed by atoms with E-state index in [1.165, 1.54) is 60.7 Å². The maximum atomic E-state index is 13.2. The van der Waals surface area contributed by atoms with E-state index in [0.717, 1.165) is 24.3 Å². The molecule has 26 heteroatoms. The van der Waals surface area contributed by atoms with Crippen molar-refractivity contribution in [1.82, 2.24) is 10.6 Å². The third kappa shape index (κ3) is 16.9. The van der Waals surface area contributed by atoms with Crippen molar-refractivity contribution in [3.05, 3.63) is 107 Å². The third-order valence-corrected chi connectivity index (χ3v) is 8.01. The average Bonchev–Trinajstić information content (AvgIpc) is 3.21. The number of benzene rings is 4. The van der Waals surface area contributed by atoms with Gasteiger partial charge in [0.25, 0.3) is 11.8 Å². The number of rotatable bonds is 21. The summed E-state index contributed by atoms with van der Waals surface area (Å²) in [6.45, 7) is -0.705. The van der Waals surface area contributed by atoms with E-state index in [-0.39, 0.29) is 95.2 Å². The Hall–Kier alpha value is -8.64. The second-order valence-corrected chi connectivity index (χ2v) is 13.0. The van der Waals surface area contributed by atoms with Gasteiger partial charge in [-0.3, -0.25) is 19.2 Å². The lowest BCUT2D eigenvalue weighted by Crippen LogP contribution is -2.42. The Kier molecular flexibility index (Phi) is 20.1. The van der Waals surface area contributed by atoms with Gasteiger partial charge in [-0.1, -0.05) is 0 Å². The van der Waals surface area contributed by atoms with Gasteiger partial charge >= 0.3 is 35.8 Å². The number of nitrogens with one attached hydrogen (secondary N) is 2. The molecule has 0 saturated carbocycles. The van der Waals surface area contributed by atoms with Crippen LogP contribution in [0, 0.1) is 0 Å². The van der Waals surface area contributed by atoms with Crippen molar-refractivity contribution in [2.75, 3.05) is 13.2 Å². The number of esters is 2. The van der Waals surface area contributed by atoms with Crippen LogP contribution in [0.1, 0.15) is 54.3 Å². The van der Waals surface area contributed by atoms with Gasteiger partial charge in [0.1, 0.15) is 48.3 Å². The van der Waals surface area contributed by atoms with Crippen molar-refractivity contribution in [2.24, 2.45) is 32.9 Å². The van der Waals surface area contributed by atoms with Crippen LogP contribution in [0.5, 0.6) is 23.0 Å². The molecular formula is C40H40Cl2N8O16. The summed E-state index contributed by atoms with van der Waals surface area (Å²) >= 11 is 0. The first kappa shape index (κ1) is 53.5. The van der Waals surface area contributed by atoms with Gasteiger partial charge in [-0.25, -0.2) is 29.2 Å². The quantitative estimate of drug-likeness (QED) is 0.0186. The molecule has 4 rings (SSSR count). The van der Waals surface area contributed by atoms with Gasteiger partial charge in [0.2, 0.25) is 0 Å². The summed E-state index contributed by atoms with van der Waals surface area (Å²) < 4.78 is 22.4. The van der Waals surface area contributed by atoms with Crippen LogP contribution in [0.4, 0.5) is 11.4 Å². The number of guanidine groups is 2. The van der Waals surface area contributed by atoms with Crippen molar-refractivity contribution in [1.29, 1.82) is 0 Å². The largest absolute Gasteiger partial charge is 0.490 e. The standard InChI is InChI=1S/C40H38N8O16.2ClH/c41-39(42)45-23-5-1-19(2-6-23)37(59)63-27-13-21(33(53)47-29(35(55)56)17-31(49)50)11-25(15-27)61-9-10-62-26-12-22(34(54)48-30(36(57)58)18-32(51)52)14-28(16-26)64-38(60)20-3-7-24(8-4-20)46-40(43)44;;/h1-8,11-16,29-30H,9-10,17-18H2,(H,47,53)(H,48,54)(H,49,50)(H,51,52)(H,55,56)(H,57,58)(H4,41,42,45)(H4,43,44,46);2*1H. The lowest BCUT2D eigenvalue weighted by molar-refractivity contribution is -0.145. The van der Waals surface area contributed by atoms with Crippen molar-refractivity contribution in [2.45, 2.75) is 24.9 Å². The Morgan fingerprint density at radius 1 is 0.485 bits per heavy atom. The predicted octanol–water partition coefficient (Wildman–Crippen LogP) is 1.55. The van der Waals surface area contributed by atoms with E-state index in [1.54, 1.807) is 0 Å². The summed E-state index contributed by atoms with van der Waals surface area (Å²) in [5, 5.41) is 41.3. The molecule has 350 valence electrons. The summed E-state index contributed by atoms with van der Waals surface area (Å²) in [5.74, 6) is -11.6. The third-order valence-electron chi connectivity index (χ3n) is 8.01. The minimum Gasteiger partial charge on any atom is -0.490 e. The number of carbonyl (C=O) groups is 8. The molecule has 66 heavy (non-hydrogen) atoms. The Morgan fingerprint density at radius 2 is 0.803 bits per heavy atom. The Labute approximate surface area is 384 Å². The van der Waals surface area contributed by atoms with Gasteiger partial charge in [-0.2, -0.15) is 0 Å². The molecule has 0 spiro atoms. The van der Waals surface area contributed by atoms with Crippen molar-refractivity contribution >= 4 is 95.7 Å². The number of nitrogens with two attached hydrogens (primary N) is 4. The average molecular weight is 960 g/mol. The van der Waals surface area contributed by atoms with Gasteiger partial charge in [0.15, 0.2) is 11.9 Å². The van der Waals surface area contributed by atoms with Gasteiger partial charge in [-0.05, 0) is 72.8 Å². The van der Waals surface area contributed by atoms with Crippen LogP contribution in [0.3, 0.4) is 0 Å². The smallest absolute Gasteiger partial charge is 0.343 e. The van der Waals surface area contributed by atoms with Crippen LogP contribution >= 0.6 is 24.8 Å². The lowest BCUT2D eigenvalue weighted by atomic mass is 10.1. The molecule has 0 aliphatic carbocycles. The number of carboxylic acids is 4. The number of amides is 2. The van der Waals surface area contributed by atoms with Crippen molar-refractivity contribution < 1.29 is 77.7 Å². The molecule has 0 bridgehead atoms. The minimum absolute atomic E-state index is 0. The van der Waals surface area contributed by atoms with Crippen LogP contribution in [0.15, 0.2) is 94.9 Å². The summed E-state index contributed by atoms with van der Waals surface area (Å²) in [5.41, 5.74) is 21.6. The fourth-order valence-corrected chi connectivity index (χ4v) is 5.22. The van der Waals surface area contributed by atoms with Crippen LogP contribution < -0.4 is 52.5 Å². The Balaban J connectivity index is 0.00000748. The molecule has 0 heterocycles. The topological polar surface area (TPSA) is 407 Å². The number of ether oxygens (including phenoxy) is 4. The predicted molar refractivity (Wildman–Crippen MR) is 234 cm³/mol. The monoisotopic (exact) mass is 958 g/mol. The molecule has 24 nitrogen and oxygen atoms in total. The maximum Gasteiger partial charge on any atom is 0.343 e. The van der Waals surface area contributed by atoms with Crippen LogP contribution in [0.25, 0.3) is 0 Å². The second kappa shape index (κ2) is 24.9. The fraction of sp³-hybridized carbons (Fsp3) is 0.150. The summed E-state index contributed by atoms with van der Waals surface area (Å²) in [4.78, 5) is 106. The zero-order valence-corrected chi connectivity index (χ0v) is 35.4. The van der Waals surface area contributed by atoms with Gasteiger partial charge < -0.3 is 72.9 Å². The van der Waals surface area contributed by atoms with E-state index in [9.17, 15) is 48.6 Å².